The van der Waals surface area contributed by atoms with Crippen molar-refractivity contribution in [3.8, 4) is 18.1 Å². The molecule has 132 valence electrons. The molecule has 1 aliphatic rings. The molecule has 1 aliphatic heterocycles. The first-order valence-electron chi connectivity index (χ1n) is 7.65. The Kier molecular flexibility index (Phi) is 4.85. The fourth-order valence-corrected chi connectivity index (χ4v) is 3.69. The number of hydrogen-bond acceptors (Lipinski definition) is 3. The average molecular weight is 405 g/mol. The zero-order valence-corrected chi connectivity index (χ0v) is 16.1. The molecule has 7 heteroatoms. The average Bonchev–Trinajstić information content (AvgIpc) is 2.80. The first-order chi connectivity index (χ1) is 12.3. The van der Waals surface area contributed by atoms with Crippen LogP contribution < -0.4 is 4.90 Å². The van der Waals surface area contributed by atoms with Gasteiger partial charge in [0.2, 0.25) is 0 Å². The summed E-state index contributed by atoms with van der Waals surface area (Å²) in [6.07, 6.45) is 5.51. The maximum absolute atomic E-state index is 13.4. The van der Waals surface area contributed by atoms with E-state index in [1.807, 2.05) is 0 Å². The summed E-state index contributed by atoms with van der Waals surface area (Å²) in [7, 11) is 0. The molecule has 0 aromatic heterocycles. The number of carbonyl (C=O) groups is 1. The quantitative estimate of drug-likeness (QED) is 0.615. The van der Waals surface area contributed by atoms with Crippen LogP contribution in [0.2, 0.25) is 10.0 Å². The van der Waals surface area contributed by atoms with Gasteiger partial charge in [-0.1, -0.05) is 41.3 Å². The Balaban J connectivity index is 2.14. The number of terminal acetylenes is 1. The third-order valence-electron chi connectivity index (χ3n) is 4.42. The lowest BCUT2D eigenvalue weighted by atomic mass is 9.90. The minimum atomic E-state index is -1.11. The second-order valence-corrected chi connectivity index (χ2v) is 7.11. The Morgan fingerprint density at radius 2 is 1.85 bits per heavy atom. The van der Waals surface area contributed by atoms with Gasteiger partial charge in [-0.25, -0.2) is 0 Å². The van der Waals surface area contributed by atoms with Crippen molar-refractivity contribution in [2.45, 2.75) is 12.5 Å². The number of phenolic OH excluding ortho intramolecular Hbond substituents is 1. The Morgan fingerprint density at radius 3 is 2.42 bits per heavy atom. The van der Waals surface area contributed by atoms with Crippen LogP contribution in [0, 0.1) is 12.3 Å². The summed E-state index contributed by atoms with van der Waals surface area (Å²) in [4.78, 5) is 16.5. The number of rotatable bonds is 3. The molecule has 1 unspecified atom stereocenters. The smallest absolute Gasteiger partial charge is 0.263 e. The number of phenols is 1. The number of hydrogen-bond donors (Lipinski definition) is 1. The summed E-state index contributed by atoms with van der Waals surface area (Å²) in [5.74, 6) is 2.40. The highest BCUT2D eigenvalue weighted by molar-refractivity contribution is 7.80. The first-order valence-corrected chi connectivity index (χ1v) is 8.81. The van der Waals surface area contributed by atoms with E-state index in [1.54, 1.807) is 42.2 Å². The van der Waals surface area contributed by atoms with Gasteiger partial charge in [-0.3, -0.25) is 9.69 Å². The molecule has 26 heavy (non-hydrogen) atoms. The van der Waals surface area contributed by atoms with Crippen molar-refractivity contribution >= 4 is 52.1 Å². The highest BCUT2D eigenvalue weighted by atomic mass is 35.5. The number of benzene rings is 2. The molecule has 0 spiro atoms. The predicted molar refractivity (Wildman–Crippen MR) is 108 cm³/mol. The molecule has 3 rings (SSSR count). The fraction of sp³-hybridized carbons (Fsp3) is 0.158. The van der Waals surface area contributed by atoms with Crippen molar-refractivity contribution in [2.75, 3.05) is 11.4 Å². The lowest BCUT2D eigenvalue weighted by Crippen LogP contribution is -2.44. The van der Waals surface area contributed by atoms with E-state index < -0.39 is 5.54 Å². The molecule has 4 nitrogen and oxygen atoms in total. The molecule has 1 fully saturated rings. The molecule has 1 atom stereocenters. The summed E-state index contributed by atoms with van der Waals surface area (Å²) in [5, 5.41) is 10.5. The molecule has 0 aliphatic carbocycles. The summed E-state index contributed by atoms with van der Waals surface area (Å²) in [6.45, 7) is 1.91. The van der Waals surface area contributed by atoms with Crippen LogP contribution in [0.5, 0.6) is 5.75 Å². The third kappa shape index (κ3) is 2.80. The number of amides is 1. The van der Waals surface area contributed by atoms with Gasteiger partial charge >= 0.3 is 0 Å². The van der Waals surface area contributed by atoms with Gasteiger partial charge in [-0.2, -0.15) is 0 Å². The number of carbonyl (C=O) groups excluding carboxylic acids is 1. The normalized spacial score (nSPS) is 19.8. The Hall–Kier alpha value is -2.26. The summed E-state index contributed by atoms with van der Waals surface area (Å²) in [5.41, 5.74) is 0.0721. The highest BCUT2D eigenvalue weighted by Gasteiger charge is 2.53. The van der Waals surface area contributed by atoms with E-state index in [4.69, 9.17) is 41.8 Å². The number of nitrogens with zero attached hydrogens (tertiary/aromatic N) is 2. The Bertz CT molecular complexity index is 940. The number of halogens is 2. The predicted octanol–water partition coefficient (Wildman–Crippen LogP) is 4.18. The fourth-order valence-electron chi connectivity index (χ4n) is 2.97. The van der Waals surface area contributed by atoms with Gasteiger partial charge in [-0.05, 0) is 55.0 Å². The summed E-state index contributed by atoms with van der Waals surface area (Å²) < 4.78 is 0. The maximum Gasteiger partial charge on any atom is 0.263 e. The van der Waals surface area contributed by atoms with Crippen LogP contribution in [0.4, 0.5) is 5.69 Å². The molecule has 1 heterocycles. The number of anilines is 1. The van der Waals surface area contributed by atoms with Crippen molar-refractivity contribution in [3.63, 3.8) is 0 Å². The van der Waals surface area contributed by atoms with Crippen LogP contribution in [0.15, 0.2) is 42.5 Å². The van der Waals surface area contributed by atoms with Crippen molar-refractivity contribution in [1.82, 2.24) is 4.90 Å². The van der Waals surface area contributed by atoms with Gasteiger partial charge < -0.3 is 10.0 Å². The standard InChI is InChI=1S/C19H14Cl2N2O2S/c1-3-10-22-18(26)23(13-6-9-15(20)16(21)11-13)17(25)19(22,2)12-4-7-14(24)8-5-12/h1,4-9,11,24H,10H2,2H3. The van der Waals surface area contributed by atoms with Crippen molar-refractivity contribution in [3.05, 3.63) is 58.1 Å². The van der Waals surface area contributed by atoms with E-state index in [0.29, 0.717) is 21.3 Å². The molecule has 1 amide bonds. The van der Waals surface area contributed by atoms with E-state index in [2.05, 4.69) is 5.92 Å². The maximum atomic E-state index is 13.4. The van der Waals surface area contributed by atoms with E-state index in [-0.39, 0.29) is 23.3 Å². The van der Waals surface area contributed by atoms with Crippen molar-refractivity contribution in [2.24, 2.45) is 0 Å². The number of thiocarbonyl (C=S) groups is 1. The molecule has 2 aromatic carbocycles. The van der Waals surface area contributed by atoms with Gasteiger partial charge in [0.1, 0.15) is 11.3 Å². The topological polar surface area (TPSA) is 43.8 Å². The van der Waals surface area contributed by atoms with Crippen LogP contribution in [0.25, 0.3) is 0 Å². The van der Waals surface area contributed by atoms with Crippen LogP contribution in [0.3, 0.4) is 0 Å². The molecule has 2 aromatic rings. The van der Waals surface area contributed by atoms with Gasteiger partial charge in [-0.15, -0.1) is 6.42 Å². The zero-order valence-electron chi connectivity index (χ0n) is 13.7. The third-order valence-corrected chi connectivity index (χ3v) is 5.56. The van der Waals surface area contributed by atoms with Crippen LogP contribution >= 0.6 is 35.4 Å². The van der Waals surface area contributed by atoms with Gasteiger partial charge in [0.15, 0.2) is 5.11 Å². The Labute approximate surface area is 166 Å². The van der Waals surface area contributed by atoms with E-state index in [0.717, 1.165) is 0 Å². The van der Waals surface area contributed by atoms with Gasteiger partial charge in [0.25, 0.3) is 5.91 Å². The van der Waals surface area contributed by atoms with Crippen LogP contribution in [-0.4, -0.2) is 27.6 Å². The molecule has 1 N–H and O–H groups in total. The summed E-state index contributed by atoms with van der Waals surface area (Å²) in [6, 6.07) is 11.3. The molecule has 0 bridgehead atoms. The zero-order chi connectivity index (χ0) is 19.1. The first kappa shape index (κ1) is 18.5. The van der Waals surface area contributed by atoms with Crippen LogP contribution in [-0.2, 0) is 10.3 Å². The van der Waals surface area contributed by atoms with E-state index in [1.165, 1.54) is 17.0 Å². The molecular formula is C19H14Cl2N2O2S. The minimum absolute atomic E-state index is 0.107. The lowest BCUT2D eigenvalue weighted by molar-refractivity contribution is -0.124. The van der Waals surface area contributed by atoms with Crippen molar-refractivity contribution in [1.29, 1.82) is 0 Å². The molecular weight excluding hydrogens is 391 g/mol. The second-order valence-electron chi connectivity index (χ2n) is 5.93. The van der Waals surface area contributed by atoms with Gasteiger partial charge in [0.05, 0.1) is 22.3 Å². The van der Waals surface area contributed by atoms with E-state index in [9.17, 15) is 9.90 Å². The minimum Gasteiger partial charge on any atom is -0.508 e. The van der Waals surface area contributed by atoms with E-state index >= 15 is 0 Å². The van der Waals surface area contributed by atoms with Crippen molar-refractivity contribution < 1.29 is 9.90 Å². The molecule has 0 saturated carbocycles. The molecule has 0 radical (unpaired) electrons. The SMILES string of the molecule is C#CCN1C(=S)N(c2ccc(Cl)c(Cl)c2)C(=O)C1(C)c1ccc(O)cc1. The second kappa shape index (κ2) is 6.81. The Morgan fingerprint density at radius 1 is 1.19 bits per heavy atom. The largest absolute Gasteiger partial charge is 0.508 e. The molecule has 1 saturated heterocycles. The number of aromatic hydroxyl groups is 1. The van der Waals surface area contributed by atoms with Crippen LogP contribution in [0.1, 0.15) is 12.5 Å². The van der Waals surface area contributed by atoms with Gasteiger partial charge in [0, 0.05) is 0 Å². The monoisotopic (exact) mass is 404 g/mol. The lowest BCUT2D eigenvalue weighted by Gasteiger charge is -2.31. The highest BCUT2D eigenvalue weighted by Crippen LogP contribution is 2.41. The summed E-state index contributed by atoms with van der Waals surface area (Å²) >= 11 is 17.6.